The Bertz CT molecular complexity index is 1420. The molecular weight excluding hydrogens is 436 g/mol. The molecule has 2 heterocycles. The number of fused-ring (bicyclic) bond motifs is 1. The summed E-state index contributed by atoms with van der Waals surface area (Å²) in [6, 6.07) is 40.7. The fourth-order valence-corrected chi connectivity index (χ4v) is 7.33. The molecule has 4 heteroatoms. The lowest BCUT2D eigenvalue weighted by molar-refractivity contribution is 0.320. The van der Waals surface area contributed by atoms with Gasteiger partial charge in [-0.15, -0.1) is 0 Å². The summed E-state index contributed by atoms with van der Waals surface area (Å²) >= 11 is 0. The molecule has 4 aromatic carbocycles. The van der Waals surface area contributed by atoms with E-state index in [1.807, 2.05) is 6.07 Å². The van der Waals surface area contributed by atoms with Gasteiger partial charge >= 0.3 is 0 Å². The summed E-state index contributed by atoms with van der Waals surface area (Å²) < 4.78 is 8.68. The Labute approximate surface area is 201 Å². The van der Waals surface area contributed by atoms with Crippen LogP contribution in [0.5, 0.6) is 0 Å². The zero-order valence-electron chi connectivity index (χ0n) is 19.0. The summed E-state index contributed by atoms with van der Waals surface area (Å²) in [5.74, 6) is 0.750. The number of rotatable bonds is 5. The molecule has 0 bridgehead atoms. The minimum atomic E-state index is -0.817. The van der Waals surface area contributed by atoms with E-state index in [0.717, 1.165) is 11.5 Å². The molecule has 1 aliphatic heterocycles. The van der Waals surface area contributed by atoms with Crippen LogP contribution in [0.3, 0.4) is 0 Å². The van der Waals surface area contributed by atoms with Gasteiger partial charge in [-0.1, -0.05) is 109 Å². The van der Waals surface area contributed by atoms with Crippen molar-refractivity contribution in [2.75, 3.05) is 6.61 Å². The van der Waals surface area contributed by atoms with Crippen LogP contribution in [0.25, 0.3) is 10.9 Å². The van der Waals surface area contributed by atoms with E-state index in [0.29, 0.717) is 6.61 Å². The summed E-state index contributed by atoms with van der Waals surface area (Å²) in [5, 5.41) is 3.81. The Balaban J connectivity index is 1.60. The number of aryl methyl sites for hydroxylation is 1. The van der Waals surface area contributed by atoms with E-state index in [1.165, 1.54) is 32.5 Å². The molecule has 5 aromatic rings. The number of aromatic nitrogens is 1. The first-order valence-electron chi connectivity index (χ1n) is 11.5. The van der Waals surface area contributed by atoms with Crippen LogP contribution in [-0.4, -0.2) is 17.1 Å². The smallest absolute Gasteiger partial charge is 0.219 e. The maximum atomic E-state index is 6.34. The van der Waals surface area contributed by atoms with Crippen molar-refractivity contribution >= 4 is 40.8 Å². The number of hydrogen-bond donors (Lipinski definition) is 0. The first kappa shape index (κ1) is 20.9. The molecule has 34 heavy (non-hydrogen) atoms. The zero-order valence-corrected chi connectivity index (χ0v) is 19.9. The Morgan fingerprint density at radius 2 is 1.29 bits per heavy atom. The third-order valence-corrected chi connectivity index (χ3v) is 8.94. The van der Waals surface area contributed by atoms with Gasteiger partial charge in [0.05, 0.1) is 11.0 Å². The van der Waals surface area contributed by atoms with Crippen LogP contribution in [0.2, 0.25) is 0 Å². The number of aliphatic imine (C=N–C) groups is 1. The Morgan fingerprint density at radius 3 is 1.94 bits per heavy atom. The second-order valence-corrected chi connectivity index (χ2v) is 10.6. The summed E-state index contributed by atoms with van der Waals surface area (Å²) in [7, 11) is 1.36. The zero-order chi connectivity index (χ0) is 22.9. The van der Waals surface area contributed by atoms with Gasteiger partial charge in [-0.05, 0) is 22.2 Å². The lowest BCUT2D eigenvalue weighted by Gasteiger charge is -2.21. The van der Waals surface area contributed by atoms with Gasteiger partial charge in [0.1, 0.15) is 12.6 Å². The molecule has 0 spiro atoms. The molecule has 1 atom stereocenters. The van der Waals surface area contributed by atoms with Gasteiger partial charge in [-0.3, -0.25) is 0 Å². The molecular formula is C30H25N2OP. The standard InChI is InChI=1S/C30H25N2OP/c1-32-27-20-12-11-19-25(27)28(29-31-26(21-33-29)22-13-5-2-6-14-22)30(32)34(23-15-7-3-8-16-23)24-17-9-4-10-18-24/h2-20,26H,21H2,1H3/t26-/m1/s1/i30+1. The fraction of sp³-hybridized carbons (Fsp3) is 0.100. The van der Waals surface area contributed by atoms with Crippen molar-refractivity contribution in [3.8, 4) is 0 Å². The van der Waals surface area contributed by atoms with Crippen molar-refractivity contribution in [1.29, 1.82) is 0 Å². The van der Waals surface area contributed by atoms with E-state index in [2.05, 4.69) is 121 Å². The number of benzene rings is 4. The normalized spacial score (nSPS) is 15.5. The summed E-state index contributed by atoms with van der Waals surface area (Å²) in [4.78, 5) is 5.11. The molecule has 0 radical (unpaired) electrons. The predicted molar refractivity (Wildman–Crippen MR) is 143 cm³/mol. The topological polar surface area (TPSA) is 26.5 Å². The molecule has 0 N–H and O–H groups in total. The average Bonchev–Trinajstić information content (AvgIpc) is 3.50. The number of ether oxygens (including phenoxy) is 1. The summed E-state index contributed by atoms with van der Waals surface area (Å²) in [6.07, 6.45) is 0. The van der Waals surface area contributed by atoms with E-state index in [9.17, 15) is 0 Å². The minimum Gasteiger partial charge on any atom is -0.475 e. The lowest BCUT2D eigenvalue weighted by atomic mass is 10.1. The van der Waals surface area contributed by atoms with E-state index in [-0.39, 0.29) is 6.04 Å². The fourth-order valence-electron chi connectivity index (χ4n) is 4.76. The second kappa shape index (κ2) is 8.93. The SMILES string of the molecule is Cn1c2ccccc2c(C2=N[C@@H](c3ccccc3)CO2)[13c]1P(c1ccccc1)c1ccccc1. The highest BCUT2D eigenvalue weighted by atomic mass is 31.1. The van der Waals surface area contributed by atoms with E-state index in [1.54, 1.807) is 0 Å². The maximum absolute atomic E-state index is 6.34. The molecule has 6 rings (SSSR count). The molecule has 3 nitrogen and oxygen atoms in total. The van der Waals surface area contributed by atoms with Gasteiger partial charge in [0.25, 0.3) is 0 Å². The quantitative estimate of drug-likeness (QED) is 0.320. The minimum absolute atomic E-state index is 0.0164. The van der Waals surface area contributed by atoms with Crippen LogP contribution in [0.4, 0.5) is 0 Å². The van der Waals surface area contributed by atoms with Crippen molar-refractivity contribution in [3.63, 3.8) is 0 Å². The highest BCUT2D eigenvalue weighted by molar-refractivity contribution is 7.79. The first-order chi connectivity index (χ1) is 16.8. The molecule has 166 valence electrons. The van der Waals surface area contributed by atoms with E-state index >= 15 is 0 Å². The largest absolute Gasteiger partial charge is 0.475 e. The molecule has 0 unspecified atom stereocenters. The number of para-hydroxylation sites is 1. The Hall–Kier alpha value is -3.68. The molecule has 0 aliphatic carbocycles. The van der Waals surface area contributed by atoms with Crippen molar-refractivity contribution in [2.24, 2.45) is 12.0 Å². The molecule has 0 fully saturated rings. The van der Waals surface area contributed by atoms with Gasteiger partial charge in [0.2, 0.25) is 5.90 Å². The molecule has 0 saturated carbocycles. The van der Waals surface area contributed by atoms with Crippen molar-refractivity contribution in [1.82, 2.24) is 4.57 Å². The van der Waals surface area contributed by atoms with Crippen LogP contribution in [-0.2, 0) is 11.8 Å². The summed E-state index contributed by atoms with van der Waals surface area (Å²) in [5.41, 5.74) is 4.77. The Kier molecular flexibility index (Phi) is 5.49. The third kappa shape index (κ3) is 3.63. The van der Waals surface area contributed by atoms with Crippen LogP contribution >= 0.6 is 7.92 Å². The van der Waals surface area contributed by atoms with Gasteiger partial charge in [-0.25, -0.2) is 4.99 Å². The van der Waals surface area contributed by atoms with Gasteiger partial charge in [0.15, 0.2) is 0 Å². The maximum Gasteiger partial charge on any atom is 0.219 e. The second-order valence-electron chi connectivity index (χ2n) is 8.45. The predicted octanol–water partition coefficient (Wildman–Crippen LogP) is 5.45. The van der Waals surface area contributed by atoms with Gasteiger partial charge < -0.3 is 9.30 Å². The van der Waals surface area contributed by atoms with Crippen LogP contribution in [0.1, 0.15) is 17.2 Å². The summed E-state index contributed by atoms with van der Waals surface area (Å²) in [6.45, 7) is 0.566. The van der Waals surface area contributed by atoms with Crippen molar-refractivity contribution < 1.29 is 4.74 Å². The lowest BCUT2D eigenvalue weighted by Crippen LogP contribution is -2.29. The van der Waals surface area contributed by atoms with E-state index < -0.39 is 7.92 Å². The monoisotopic (exact) mass is 461 g/mol. The molecule has 0 saturated heterocycles. The molecule has 1 aliphatic rings. The van der Waals surface area contributed by atoms with Gasteiger partial charge in [-0.2, -0.15) is 0 Å². The third-order valence-electron chi connectivity index (χ3n) is 6.37. The first-order valence-corrected chi connectivity index (χ1v) is 12.9. The van der Waals surface area contributed by atoms with Gasteiger partial charge in [0, 0.05) is 25.9 Å². The van der Waals surface area contributed by atoms with E-state index in [4.69, 9.17) is 9.73 Å². The molecule has 1 aromatic heterocycles. The van der Waals surface area contributed by atoms with Crippen LogP contribution < -0.4 is 16.0 Å². The molecule has 0 amide bonds. The average molecular weight is 462 g/mol. The highest BCUT2D eigenvalue weighted by Gasteiger charge is 2.32. The van der Waals surface area contributed by atoms with Crippen LogP contribution in [0, 0.1) is 0 Å². The number of hydrogen-bond acceptors (Lipinski definition) is 2. The highest BCUT2D eigenvalue weighted by Crippen LogP contribution is 2.39. The Morgan fingerprint density at radius 1 is 0.735 bits per heavy atom. The number of nitrogens with zero attached hydrogens (tertiary/aromatic N) is 2. The van der Waals surface area contributed by atoms with Crippen molar-refractivity contribution in [2.45, 2.75) is 6.04 Å². The van der Waals surface area contributed by atoms with Crippen molar-refractivity contribution in [3.05, 3.63) is 126 Å². The van der Waals surface area contributed by atoms with Crippen LogP contribution in [0.15, 0.2) is 120 Å².